The molecule has 10 nitrogen and oxygen atoms in total. The van der Waals surface area contributed by atoms with E-state index in [9.17, 15) is 45.4 Å². The Kier molecular flexibility index (Phi) is 9.37. The van der Waals surface area contributed by atoms with Gasteiger partial charge < -0.3 is 15.7 Å². The zero-order valence-electron chi connectivity index (χ0n) is 22.0. The minimum atomic E-state index is -4.54. The molecule has 0 aromatic carbocycles. The molecular weight excluding hydrogens is 579 g/mol. The minimum Gasteiger partial charge on any atom is -0.369 e. The molecular formula is C25H28F7N7O3. The fourth-order valence-electron chi connectivity index (χ4n) is 4.77. The molecule has 0 radical (unpaired) electrons. The number of alkyl halides is 7. The first-order valence-electron chi connectivity index (χ1n) is 13.0. The Labute approximate surface area is 234 Å². The normalized spacial score (nSPS) is 17.4. The highest BCUT2D eigenvalue weighted by Gasteiger charge is 2.39. The van der Waals surface area contributed by atoms with Crippen molar-refractivity contribution in [1.82, 2.24) is 35.0 Å². The maximum Gasteiger partial charge on any atom is 0.389 e. The van der Waals surface area contributed by atoms with Crippen LogP contribution in [0.1, 0.15) is 78.6 Å². The van der Waals surface area contributed by atoms with Crippen molar-refractivity contribution >= 4 is 17.5 Å². The molecule has 2 amide bonds. The van der Waals surface area contributed by atoms with Crippen molar-refractivity contribution in [2.75, 3.05) is 13.3 Å². The zero-order valence-corrected chi connectivity index (χ0v) is 22.0. The minimum absolute atomic E-state index is 0.00490. The number of carbonyl (C=O) groups is 2. The molecule has 230 valence electrons. The van der Waals surface area contributed by atoms with E-state index >= 15 is 0 Å². The fraction of sp³-hybridized carbons (Fsp3) is 0.560. The lowest BCUT2D eigenvalue weighted by molar-refractivity contribution is -0.145. The molecule has 3 heterocycles. The number of amides is 2. The summed E-state index contributed by atoms with van der Waals surface area (Å²) in [6.45, 7) is -2.23. The molecule has 3 aromatic rings. The van der Waals surface area contributed by atoms with Crippen molar-refractivity contribution in [3.05, 3.63) is 47.7 Å². The van der Waals surface area contributed by atoms with E-state index in [2.05, 4.69) is 20.5 Å². The SMILES string of the molecule is O=C(CCC(F)(F)F)N[C@H](O)c1cnn2cc([C@@H](NC(=O)c3ccnn3C(CF)CF)C3CCC(F)(F)CC3)nc2c1. The standard InChI is InChI=1S/C25H28F7N7O3/c26-10-16(11-27)39-18(4-8-33-39)23(42)37-21(14-1-5-24(28,29)6-2-14)17-13-38-19(35-17)9-15(12-34-38)22(41)36-20(40)3-7-25(30,31)32/h4,8-9,12-14,16,21-22,41H,1-3,5-7,10-11H2,(H,36,40)(H,37,42)/t21-,22+/m0/s1. The summed E-state index contributed by atoms with van der Waals surface area (Å²) in [5, 5.41) is 23.0. The lowest BCUT2D eigenvalue weighted by Gasteiger charge is -2.33. The van der Waals surface area contributed by atoms with Crippen molar-refractivity contribution in [3.8, 4) is 0 Å². The van der Waals surface area contributed by atoms with Gasteiger partial charge in [-0.2, -0.15) is 23.4 Å². The van der Waals surface area contributed by atoms with E-state index in [0.29, 0.717) is 0 Å². The Morgan fingerprint density at radius 2 is 1.81 bits per heavy atom. The molecule has 17 heteroatoms. The molecule has 42 heavy (non-hydrogen) atoms. The van der Waals surface area contributed by atoms with E-state index in [1.54, 1.807) is 0 Å². The molecule has 0 saturated heterocycles. The summed E-state index contributed by atoms with van der Waals surface area (Å²) in [6, 6.07) is 0.317. The van der Waals surface area contributed by atoms with Crippen LogP contribution in [0.5, 0.6) is 0 Å². The van der Waals surface area contributed by atoms with Gasteiger partial charge in [0.05, 0.1) is 30.6 Å². The summed E-state index contributed by atoms with van der Waals surface area (Å²) < 4.78 is 93.8. The number of aliphatic hydroxyl groups excluding tert-OH is 1. The zero-order chi connectivity index (χ0) is 30.7. The highest BCUT2D eigenvalue weighted by molar-refractivity contribution is 5.92. The van der Waals surface area contributed by atoms with Gasteiger partial charge in [-0.05, 0) is 30.9 Å². The third-order valence-corrected chi connectivity index (χ3v) is 7.05. The van der Waals surface area contributed by atoms with Crippen LogP contribution in [0.3, 0.4) is 0 Å². The van der Waals surface area contributed by atoms with E-state index < -0.39 is 87.2 Å². The van der Waals surface area contributed by atoms with Gasteiger partial charge in [0.15, 0.2) is 11.9 Å². The third-order valence-electron chi connectivity index (χ3n) is 7.05. The topological polar surface area (TPSA) is 126 Å². The van der Waals surface area contributed by atoms with Gasteiger partial charge in [0.25, 0.3) is 5.91 Å². The van der Waals surface area contributed by atoms with Crippen LogP contribution >= 0.6 is 0 Å². The van der Waals surface area contributed by atoms with Gasteiger partial charge in [0.2, 0.25) is 11.8 Å². The van der Waals surface area contributed by atoms with Crippen molar-refractivity contribution in [1.29, 1.82) is 0 Å². The van der Waals surface area contributed by atoms with Gasteiger partial charge in [-0.3, -0.25) is 14.3 Å². The van der Waals surface area contributed by atoms with Crippen LogP contribution in [0.2, 0.25) is 0 Å². The number of imidazole rings is 1. The first kappa shape index (κ1) is 31.2. The van der Waals surface area contributed by atoms with Gasteiger partial charge in [-0.1, -0.05) is 0 Å². The second kappa shape index (κ2) is 12.6. The molecule has 1 aliphatic rings. The quantitative estimate of drug-likeness (QED) is 0.222. The number of hydrogen-bond acceptors (Lipinski definition) is 6. The Morgan fingerprint density at radius 1 is 1.12 bits per heavy atom. The molecule has 2 atom stereocenters. The van der Waals surface area contributed by atoms with Gasteiger partial charge in [-0.15, -0.1) is 0 Å². The predicted molar refractivity (Wildman–Crippen MR) is 132 cm³/mol. The van der Waals surface area contributed by atoms with Crippen molar-refractivity contribution < 1.29 is 45.4 Å². The molecule has 4 rings (SSSR count). The average molecular weight is 608 g/mol. The first-order chi connectivity index (χ1) is 19.8. The maximum absolute atomic E-state index is 13.9. The number of nitrogens with zero attached hydrogens (tertiary/aromatic N) is 5. The lowest BCUT2D eigenvalue weighted by Crippen LogP contribution is -2.38. The smallest absolute Gasteiger partial charge is 0.369 e. The van der Waals surface area contributed by atoms with E-state index in [4.69, 9.17) is 0 Å². The van der Waals surface area contributed by atoms with E-state index in [-0.39, 0.29) is 35.4 Å². The number of rotatable bonds is 11. The summed E-state index contributed by atoms with van der Waals surface area (Å²) in [5.74, 6) is -5.16. The van der Waals surface area contributed by atoms with E-state index in [1.807, 2.05) is 5.32 Å². The maximum atomic E-state index is 13.9. The summed E-state index contributed by atoms with van der Waals surface area (Å²) >= 11 is 0. The second-order valence-electron chi connectivity index (χ2n) is 10.1. The molecule has 1 saturated carbocycles. The van der Waals surface area contributed by atoms with E-state index in [0.717, 1.165) is 10.9 Å². The van der Waals surface area contributed by atoms with Crippen LogP contribution in [-0.2, 0) is 4.79 Å². The number of nitrogens with one attached hydrogen (secondary N) is 2. The second-order valence-corrected chi connectivity index (χ2v) is 10.1. The summed E-state index contributed by atoms with van der Waals surface area (Å²) in [5.41, 5.74) is 0.192. The molecule has 0 spiro atoms. The van der Waals surface area contributed by atoms with Crippen LogP contribution in [0.15, 0.2) is 30.7 Å². The molecule has 1 fully saturated rings. The number of aliphatic hydroxyl groups is 1. The Hall–Kier alpha value is -3.76. The molecule has 0 bridgehead atoms. The lowest BCUT2D eigenvalue weighted by atomic mass is 9.81. The highest BCUT2D eigenvalue weighted by Crippen LogP contribution is 2.41. The Morgan fingerprint density at radius 3 is 2.45 bits per heavy atom. The summed E-state index contributed by atoms with van der Waals surface area (Å²) in [7, 11) is 0. The largest absolute Gasteiger partial charge is 0.389 e. The van der Waals surface area contributed by atoms with E-state index in [1.165, 1.54) is 29.0 Å². The number of fused-ring (bicyclic) bond motifs is 1. The van der Waals surface area contributed by atoms with Crippen LogP contribution in [-0.4, -0.2) is 66.7 Å². The molecule has 0 aliphatic heterocycles. The van der Waals surface area contributed by atoms with Crippen LogP contribution < -0.4 is 10.6 Å². The monoisotopic (exact) mass is 607 g/mol. The molecule has 3 N–H and O–H groups in total. The highest BCUT2D eigenvalue weighted by atomic mass is 19.4. The number of halogens is 7. The number of carbonyl (C=O) groups excluding carboxylic acids is 2. The predicted octanol–water partition coefficient (Wildman–Crippen LogP) is 4.15. The van der Waals surface area contributed by atoms with Gasteiger partial charge >= 0.3 is 6.18 Å². The van der Waals surface area contributed by atoms with Gasteiger partial charge in [-0.25, -0.2) is 27.1 Å². The van der Waals surface area contributed by atoms with Crippen LogP contribution in [0.25, 0.3) is 5.65 Å². The third kappa shape index (κ3) is 7.54. The van der Waals surface area contributed by atoms with Crippen molar-refractivity contribution in [3.63, 3.8) is 0 Å². The van der Waals surface area contributed by atoms with Gasteiger partial charge in [0.1, 0.15) is 25.1 Å². The number of aromatic nitrogens is 5. The summed E-state index contributed by atoms with van der Waals surface area (Å²) in [4.78, 5) is 29.5. The Bertz CT molecular complexity index is 1380. The first-order valence-corrected chi connectivity index (χ1v) is 13.0. The van der Waals surface area contributed by atoms with Gasteiger partial charge in [0, 0.05) is 31.0 Å². The molecule has 1 aliphatic carbocycles. The summed E-state index contributed by atoms with van der Waals surface area (Å²) in [6.07, 6.45) is -5.51. The van der Waals surface area contributed by atoms with Crippen LogP contribution in [0, 0.1) is 5.92 Å². The van der Waals surface area contributed by atoms with Crippen molar-refractivity contribution in [2.24, 2.45) is 5.92 Å². The fourth-order valence-corrected chi connectivity index (χ4v) is 4.77. The van der Waals surface area contributed by atoms with Crippen LogP contribution in [0.4, 0.5) is 30.7 Å². The average Bonchev–Trinajstić information content (AvgIpc) is 3.58. The number of hydrogen-bond donors (Lipinski definition) is 3. The molecule has 3 aromatic heterocycles. The van der Waals surface area contributed by atoms with Crippen molar-refractivity contribution in [2.45, 2.75) is 68.9 Å². The Balaban J connectivity index is 1.58. The molecule has 0 unspecified atom stereocenters.